The molecule has 8 heteroatoms. The van der Waals surface area contributed by atoms with Crippen LogP contribution in [-0.4, -0.2) is 19.6 Å². The lowest BCUT2D eigenvalue weighted by atomic mass is 10.2. The summed E-state index contributed by atoms with van der Waals surface area (Å²) in [6.45, 7) is 0.505. The van der Waals surface area contributed by atoms with E-state index in [4.69, 9.17) is 34.8 Å². The summed E-state index contributed by atoms with van der Waals surface area (Å²) in [6.07, 6.45) is 1.42. The molecule has 0 amide bonds. The molecule has 1 aromatic carbocycles. The molecule has 0 radical (unpaired) electrons. The van der Waals surface area contributed by atoms with Gasteiger partial charge >= 0.3 is 0 Å². The summed E-state index contributed by atoms with van der Waals surface area (Å²) in [7, 11) is 0. The van der Waals surface area contributed by atoms with Crippen LogP contribution in [0, 0.1) is 0 Å². The van der Waals surface area contributed by atoms with Gasteiger partial charge in [-0.15, -0.1) is 0 Å². The van der Waals surface area contributed by atoms with Crippen LogP contribution < -0.4 is 5.32 Å². The molecule has 102 valence electrons. The minimum Gasteiger partial charge on any atom is -0.366 e. The summed E-state index contributed by atoms with van der Waals surface area (Å²) in [4.78, 5) is 8.05. The van der Waals surface area contributed by atoms with Gasteiger partial charge in [-0.05, 0) is 17.7 Å². The molecule has 0 aliphatic rings. The second kappa shape index (κ2) is 5.44. The molecule has 0 spiro atoms. The number of aromatic nitrogens is 4. The van der Waals surface area contributed by atoms with Crippen molar-refractivity contribution in [3.8, 4) is 0 Å². The zero-order valence-corrected chi connectivity index (χ0v) is 12.3. The Kier molecular flexibility index (Phi) is 3.65. The maximum atomic E-state index is 6.13. The second-order valence-corrected chi connectivity index (χ2v) is 5.26. The molecule has 3 aromatic rings. The number of anilines is 1. The largest absolute Gasteiger partial charge is 0.366 e. The van der Waals surface area contributed by atoms with Gasteiger partial charge in [0.1, 0.15) is 17.3 Å². The Balaban J connectivity index is 1.88. The third-order valence-electron chi connectivity index (χ3n) is 2.70. The molecule has 0 saturated heterocycles. The number of nitrogens with zero attached hydrogens (tertiary/aromatic N) is 4. The molecule has 0 fully saturated rings. The number of rotatable bonds is 3. The van der Waals surface area contributed by atoms with E-state index in [1.807, 2.05) is 6.07 Å². The summed E-state index contributed by atoms with van der Waals surface area (Å²) in [5, 5.41) is 8.82. The van der Waals surface area contributed by atoms with Crippen LogP contribution >= 0.6 is 34.8 Å². The molecule has 0 aliphatic heterocycles. The summed E-state index contributed by atoms with van der Waals surface area (Å²) in [5.74, 6) is 1.12. The van der Waals surface area contributed by atoms with Crippen LogP contribution in [0.3, 0.4) is 0 Å². The standard InChI is InChI=1S/C12H8Cl3N5/c13-8-2-1-7(9(14)3-8)5-16-11-4-10(15)19-12-17-6-18-20(11)12/h1-4,6,16H,5H2. The van der Waals surface area contributed by atoms with E-state index in [0.29, 0.717) is 33.3 Å². The van der Waals surface area contributed by atoms with Crippen LogP contribution in [0.5, 0.6) is 0 Å². The lowest BCUT2D eigenvalue weighted by molar-refractivity contribution is 0.925. The van der Waals surface area contributed by atoms with Crippen LogP contribution in [0.1, 0.15) is 5.56 Å². The molecular weight excluding hydrogens is 321 g/mol. The minimum atomic E-state index is 0.343. The van der Waals surface area contributed by atoms with Gasteiger partial charge in [0.05, 0.1) is 0 Å². The molecular formula is C12H8Cl3N5. The first-order chi connectivity index (χ1) is 9.63. The van der Waals surface area contributed by atoms with E-state index < -0.39 is 0 Å². The Labute approximate surface area is 129 Å². The van der Waals surface area contributed by atoms with Gasteiger partial charge in [0.2, 0.25) is 0 Å². The van der Waals surface area contributed by atoms with Gasteiger partial charge in [-0.2, -0.15) is 19.6 Å². The summed E-state index contributed by atoms with van der Waals surface area (Å²) >= 11 is 17.9. The molecule has 0 bridgehead atoms. The molecule has 5 nitrogen and oxygen atoms in total. The number of benzene rings is 1. The van der Waals surface area contributed by atoms with E-state index >= 15 is 0 Å². The molecule has 1 N–H and O–H groups in total. The van der Waals surface area contributed by atoms with Crippen molar-refractivity contribution < 1.29 is 0 Å². The average molecular weight is 329 g/mol. The number of hydrogen-bond donors (Lipinski definition) is 1. The molecule has 2 heterocycles. The first-order valence-electron chi connectivity index (χ1n) is 5.67. The predicted molar refractivity (Wildman–Crippen MR) is 79.6 cm³/mol. The summed E-state index contributed by atoms with van der Waals surface area (Å²) in [6, 6.07) is 7.02. The Morgan fingerprint density at radius 3 is 2.80 bits per heavy atom. The van der Waals surface area contributed by atoms with Gasteiger partial charge in [0.15, 0.2) is 0 Å². The van der Waals surface area contributed by atoms with Gasteiger partial charge in [-0.25, -0.2) is 0 Å². The number of nitrogens with one attached hydrogen (secondary N) is 1. The summed E-state index contributed by atoms with van der Waals surface area (Å²) < 4.78 is 1.57. The van der Waals surface area contributed by atoms with Crippen molar-refractivity contribution in [3.63, 3.8) is 0 Å². The Morgan fingerprint density at radius 1 is 1.15 bits per heavy atom. The SMILES string of the molecule is Clc1ccc(CNc2cc(Cl)nc3ncnn23)c(Cl)c1. The Hall–Kier alpha value is -1.56. The van der Waals surface area contributed by atoms with Crippen molar-refractivity contribution in [3.05, 3.63) is 51.4 Å². The van der Waals surface area contributed by atoms with E-state index in [2.05, 4.69) is 20.4 Å². The zero-order valence-electron chi connectivity index (χ0n) is 10.0. The van der Waals surface area contributed by atoms with Crippen molar-refractivity contribution in [2.45, 2.75) is 6.54 Å². The van der Waals surface area contributed by atoms with Crippen LogP contribution in [0.2, 0.25) is 15.2 Å². The molecule has 3 rings (SSSR count). The first-order valence-corrected chi connectivity index (χ1v) is 6.81. The molecule has 2 aromatic heterocycles. The quantitative estimate of drug-likeness (QED) is 0.745. The highest BCUT2D eigenvalue weighted by Gasteiger charge is 2.07. The van der Waals surface area contributed by atoms with Crippen molar-refractivity contribution in [1.82, 2.24) is 19.6 Å². The Morgan fingerprint density at radius 2 is 2.00 bits per heavy atom. The zero-order chi connectivity index (χ0) is 14.1. The van der Waals surface area contributed by atoms with Crippen LogP contribution in [-0.2, 0) is 6.54 Å². The predicted octanol–water partition coefficient (Wildman–Crippen LogP) is 3.70. The van der Waals surface area contributed by atoms with Gasteiger partial charge in [0, 0.05) is 22.7 Å². The normalized spacial score (nSPS) is 10.9. The Bertz CT molecular complexity index is 771. The van der Waals surface area contributed by atoms with Crippen LogP contribution in [0.15, 0.2) is 30.6 Å². The molecule has 0 atom stereocenters. The third-order valence-corrected chi connectivity index (χ3v) is 3.48. The van der Waals surface area contributed by atoms with E-state index in [-0.39, 0.29) is 0 Å². The molecule has 0 unspecified atom stereocenters. The van der Waals surface area contributed by atoms with E-state index in [1.165, 1.54) is 6.33 Å². The van der Waals surface area contributed by atoms with E-state index in [0.717, 1.165) is 5.56 Å². The molecule has 0 aliphatic carbocycles. The van der Waals surface area contributed by atoms with Crippen molar-refractivity contribution in [1.29, 1.82) is 0 Å². The highest BCUT2D eigenvalue weighted by atomic mass is 35.5. The fourth-order valence-corrected chi connectivity index (χ4v) is 2.41. The number of halogens is 3. The fourth-order valence-electron chi connectivity index (χ4n) is 1.76. The number of fused-ring (bicyclic) bond motifs is 1. The smallest absolute Gasteiger partial charge is 0.255 e. The van der Waals surface area contributed by atoms with Crippen molar-refractivity contribution >= 4 is 46.4 Å². The van der Waals surface area contributed by atoms with E-state index in [1.54, 1.807) is 22.7 Å². The molecule has 20 heavy (non-hydrogen) atoms. The topological polar surface area (TPSA) is 55.1 Å². The minimum absolute atomic E-state index is 0.343. The van der Waals surface area contributed by atoms with Gasteiger partial charge in [0.25, 0.3) is 5.78 Å². The maximum absolute atomic E-state index is 6.13. The highest BCUT2D eigenvalue weighted by Crippen LogP contribution is 2.22. The van der Waals surface area contributed by atoms with Crippen LogP contribution in [0.4, 0.5) is 5.82 Å². The van der Waals surface area contributed by atoms with Crippen molar-refractivity contribution in [2.75, 3.05) is 5.32 Å². The highest BCUT2D eigenvalue weighted by molar-refractivity contribution is 6.35. The average Bonchev–Trinajstić information content (AvgIpc) is 2.85. The first kappa shape index (κ1) is 13.4. The lowest BCUT2D eigenvalue weighted by Crippen LogP contribution is -2.06. The summed E-state index contributed by atoms with van der Waals surface area (Å²) in [5.41, 5.74) is 0.914. The lowest BCUT2D eigenvalue weighted by Gasteiger charge is -2.09. The van der Waals surface area contributed by atoms with E-state index in [9.17, 15) is 0 Å². The second-order valence-electron chi connectivity index (χ2n) is 4.03. The number of hydrogen-bond acceptors (Lipinski definition) is 4. The third kappa shape index (κ3) is 2.65. The monoisotopic (exact) mass is 327 g/mol. The fraction of sp³-hybridized carbons (Fsp3) is 0.0833. The van der Waals surface area contributed by atoms with Crippen molar-refractivity contribution in [2.24, 2.45) is 0 Å². The van der Waals surface area contributed by atoms with Gasteiger partial charge in [-0.1, -0.05) is 40.9 Å². The van der Waals surface area contributed by atoms with Gasteiger partial charge in [-0.3, -0.25) is 0 Å². The maximum Gasteiger partial charge on any atom is 0.255 e. The van der Waals surface area contributed by atoms with Gasteiger partial charge < -0.3 is 5.32 Å². The molecule has 0 saturated carbocycles. The van der Waals surface area contributed by atoms with Crippen LogP contribution in [0.25, 0.3) is 5.78 Å².